The number of nitrogens with zero attached hydrogens (tertiary/aromatic N) is 3. The molecule has 0 amide bonds. The Labute approximate surface area is 109 Å². The molecule has 0 N–H and O–H groups in total. The summed E-state index contributed by atoms with van der Waals surface area (Å²) in [6, 6.07) is 7.70. The number of hydrogen-bond acceptors (Lipinski definition) is 4. The molecule has 5 nitrogen and oxygen atoms in total. The number of nitro benzene ring substituents is 1. The van der Waals surface area contributed by atoms with Crippen LogP contribution < -0.4 is 4.90 Å². The van der Waals surface area contributed by atoms with Gasteiger partial charge in [0.15, 0.2) is 0 Å². The highest BCUT2D eigenvalue weighted by molar-refractivity contribution is 5.63. The average molecular weight is 261 g/mol. The summed E-state index contributed by atoms with van der Waals surface area (Å²) in [6.07, 6.45) is 3.32. The SMILES string of the molecule is CN(Cc1cccnc1)c1cccc(F)c1[N+](=O)[O-]. The summed E-state index contributed by atoms with van der Waals surface area (Å²) in [4.78, 5) is 15.8. The average Bonchev–Trinajstić information content (AvgIpc) is 2.39. The third-order valence-corrected chi connectivity index (χ3v) is 2.70. The lowest BCUT2D eigenvalue weighted by atomic mass is 10.2. The summed E-state index contributed by atoms with van der Waals surface area (Å²) >= 11 is 0. The van der Waals surface area contributed by atoms with E-state index < -0.39 is 16.4 Å². The largest absolute Gasteiger partial charge is 0.365 e. The number of hydrogen-bond donors (Lipinski definition) is 0. The monoisotopic (exact) mass is 261 g/mol. The Hall–Kier alpha value is -2.50. The van der Waals surface area contributed by atoms with Gasteiger partial charge in [-0.15, -0.1) is 0 Å². The zero-order valence-corrected chi connectivity index (χ0v) is 10.3. The van der Waals surface area contributed by atoms with Crippen LogP contribution in [0.1, 0.15) is 5.56 Å². The van der Waals surface area contributed by atoms with Crippen LogP contribution in [0.2, 0.25) is 0 Å². The van der Waals surface area contributed by atoms with Crippen molar-refractivity contribution in [3.63, 3.8) is 0 Å². The second-order valence-electron chi connectivity index (χ2n) is 4.08. The molecule has 0 aliphatic heterocycles. The Morgan fingerprint density at radius 2 is 2.16 bits per heavy atom. The van der Waals surface area contributed by atoms with Gasteiger partial charge >= 0.3 is 5.69 Å². The van der Waals surface area contributed by atoms with Crippen molar-refractivity contribution < 1.29 is 9.31 Å². The first-order valence-corrected chi connectivity index (χ1v) is 5.62. The normalized spacial score (nSPS) is 10.2. The van der Waals surface area contributed by atoms with Crippen molar-refractivity contribution >= 4 is 11.4 Å². The van der Waals surface area contributed by atoms with Crippen LogP contribution in [0, 0.1) is 15.9 Å². The number of halogens is 1. The molecular weight excluding hydrogens is 249 g/mol. The molecule has 0 fully saturated rings. The number of nitro groups is 1. The molecule has 0 unspecified atom stereocenters. The minimum atomic E-state index is -0.833. The van der Waals surface area contributed by atoms with Crippen LogP contribution in [0.5, 0.6) is 0 Å². The van der Waals surface area contributed by atoms with Crippen molar-refractivity contribution in [1.29, 1.82) is 0 Å². The lowest BCUT2D eigenvalue weighted by molar-refractivity contribution is -0.386. The van der Waals surface area contributed by atoms with Crippen molar-refractivity contribution in [1.82, 2.24) is 4.98 Å². The van der Waals surface area contributed by atoms with Crippen molar-refractivity contribution in [2.24, 2.45) is 0 Å². The highest BCUT2D eigenvalue weighted by atomic mass is 19.1. The lowest BCUT2D eigenvalue weighted by Gasteiger charge is -2.19. The number of aromatic nitrogens is 1. The first-order chi connectivity index (χ1) is 9.09. The fourth-order valence-electron chi connectivity index (χ4n) is 1.84. The van der Waals surface area contributed by atoms with Gasteiger partial charge in [-0.2, -0.15) is 4.39 Å². The molecule has 0 bridgehead atoms. The van der Waals surface area contributed by atoms with Crippen molar-refractivity contribution in [2.45, 2.75) is 6.54 Å². The molecule has 6 heteroatoms. The highest BCUT2D eigenvalue weighted by Crippen LogP contribution is 2.30. The summed E-state index contributed by atoms with van der Waals surface area (Å²) in [5.41, 5.74) is 0.631. The van der Waals surface area contributed by atoms with Crippen LogP contribution in [0.4, 0.5) is 15.8 Å². The third kappa shape index (κ3) is 2.85. The molecule has 2 aromatic rings. The molecule has 0 radical (unpaired) electrons. The molecule has 1 heterocycles. The lowest BCUT2D eigenvalue weighted by Crippen LogP contribution is -2.18. The molecule has 1 aromatic carbocycles. The summed E-state index contributed by atoms with van der Waals surface area (Å²) in [6.45, 7) is 0.415. The number of benzene rings is 1. The molecule has 98 valence electrons. The molecule has 0 saturated heterocycles. The Balaban J connectivity index is 2.31. The van der Waals surface area contributed by atoms with Gasteiger partial charge in [0.2, 0.25) is 5.82 Å². The van der Waals surface area contributed by atoms with Crippen LogP contribution in [0.3, 0.4) is 0 Å². The number of para-hydroxylation sites is 1. The summed E-state index contributed by atoms with van der Waals surface area (Å²) in [7, 11) is 1.68. The number of anilines is 1. The van der Waals surface area contributed by atoms with E-state index in [2.05, 4.69) is 4.98 Å². The van der Waals surface area contributed by atoms with E-state index in [1.807, 2.05) is 6.07 Å². The molecule has 0 aliphatic carbocycles. The van der Waals surface area contributed by atoms with E-state index >= 15 is 0 Å². The van der Waals surface area contributed by atoms with Gasteiger partial charge in [-0.3, -0.25) is 15.1 Å². The van der Waals surface area contributed by atoms with Crippen LogP contribution in [-0.4, -0.2) is 17.0 Å². The van der Waals surface area contributed by atoms with E-state index in [1.54, 1.807) is 30.4 Å². The second kappa shape index (κ2) is 5.43. The Bertz CT molecular complexity index is 590. The Kier molecular flexibility index (Phi) is 3.70. The summed E-state index contributed by atoms with van der Waals surface area (Å²) in [5, 5.41) is 10.9. The fraction of sp³-hybridized carbons (Fsp3) is 0.154. The Morgan fingerprint density at radius 3 is 2.79 bits per heavy atom. The smallest absolute Gasteiger partial charge is 0.327 e. The van der Waals surface area contributed by atoms with Crippen molar-refractivity contribution in [3.05, 3.63) is 64.2 Å². The molecule has 0 spiro atoms. The van der Waals surface area contributed by atoms with E-state index in [9.17, 15) is 14.5 Å². The number of rotatable bonds is 4. The van der Waals surface area contributed by atoms with E-state index in [4.69, 9.17) is 0 Å². The minimum absolute atomic E-state index is 0.244. The van der Waals surface area contributed by atoms with Gasteiger partial charge in [-0.1, -0.05) is 12.1 Å². The molecular formula is C13H12FN3O2. The predicted octanol–water partition coefficient (Wildman–Crippen LogP) is 2.77. The molecule has 0 atom stereocenters. The zero-order chi connectivity index (χ0) is 13.8. The standard InChI is InChI=1S/C13H12FN3O2/c1-16(9-10-4-3-7-15-8-10)12-6-2-5-11(14)13(12)17(18)19/h2-8H,9H2,1H3. The van der Waals surface area contributed by atoms with Gasteiger partial charge in [-0.25, -0.2) is 0 Å². The highest BCUT2D eigenvalue weighted by Gasteiger charge is 2.22. The number of pyridine rings is 1. The third-order valence-electron chi connectivity index (χ3n) is 2.70. The van der Waals surface area contributed by atoms with E-state index in [1.165, 1.54) is 12.1 Å². The van der Waals surface area contributed by atoms with Gasteiger partial charge < -0.3 is 4.90 Å². The second-order valence-corrected chi connectivity index (χ2v) is 4.08. The van der Waals surface area contributed by atoms with Gasteiger partial charge in [0.25, 0.3) is 0 Å². The maximum absolute atomic E-state index is 13.5. The van der Waals surface area contributed by atoms with Crippen LogP contribution in [0.25, 0.3) is 0 Å². The summed E-state index contributed by atoms with van der Waals surface area (Å²) < 4.78 is 13.5. The van der Waals surface area contributed by atoms with E-state index in [0.29, 0.717) is 6.54 Å². The van der Waals surface area contributed by atoms with Crippen LogP contribution in [0.15, 0.2) is 42.7 Å². The van der Waals surface area contributed by atoms with Gasteiger partial charge in [0.05, 0.1) is 4.92 Å². The fourth-order valence-corrected chi connectivity index (χ4v) is 1.84. The first-order valence-electron chi connectivity index (χ1n) is 5.62. The molecule has 2 rings (SSSR count). The van der Waals surface area contributed by atoms with Crippen LogP contribution >= 0.6 is 0 Å². The zero-order valence-electron chi connectivity index (χ0n) is 10.3. The molecule has 19 heavy (non-hydrogen) atoms. The maximum atomic E-state index is 13.5. The Morgan fingerprint density at radius 1 is 1.37 bits per heavy atom. The maximum Gasteiger partial charge on any atom is 0.327 e. The summed E-state index contributed by atoms with van der Waals surface area (Å²) in [5.74, 6) is -0.833. The molecule has 0 saturated carbocycles. The van der Waals surface area contributed by atoms with Crippen molar-refractivity contribution in [3.8, 4) is 0 Å². The molecule has 1 aromatic heterocycles. The van der Waals surface area contributed by atoms with Gasteiger partial charge in [-0.05, 0) is 23.8 Å². The van der Waals surface area contributed by atoms with E-state index in [0.717, 1.165) is 11.6 Å². The predicted molar refractivity (Wildman–Crippen MR) is 69.4 cm³/mol. The van der Waals surface area contributed by atoms with Gasteiger partial charge in [0, 0.05) is 26.0 Å². The van der Waals surface area contributed by atoms with Crippen LogP contribution in [-0.2, 0) is 6.54 Å². The topological polar surface area (TPSA) is 59.3 Å². The van der Waals surface area contributed by atoms with Gasteiger partial charge in [0.1, 0.15) is 5.69 Å². The van der Waals surface area contributed by atoms with Crippen molar-refractivity contribution in [2.75, 3.05) is 11.9 Å². The van der Waals surface area contributed by atoms with E-state index in [-0.39, 0.29) is 5.69 Å². The minimum Gasteiger partial charge on any atom is -0.365 e. The quantitative estimate of drug-likeness (QED) is 0.627. The molecule has 0 aliphatic rings. The first kappa shape index (κ1) is 12.9.